The molecule has 1 aromatic carbocycles. The molecule has 0 bridgehead atoms. The molecule has 0 aliphatic rings. The average Bonchev–Trinajstić information content (AvgIpc) is 3.05. The van der Waals surface area contributed by atoms with Crippen molar-refractivity contribution in [3.05, 3.63) is 53.2 Å². The van der Waals surface area contributed by atoms with E-state index in [-0.39, 0.29) is 17.2 Å². The zero-order valence-electron chi connectivity index (χ0n) is 15.0. The molecule has 29 heavy (non-hydrogen) atoms. The molecule has 0 aliphatic heterocycles. The number of nitrogens with zero attached hydrogens (tertiary/aromatic N) is 4. The van der Waals surface area contributed by atoms with Crippen LogP contribution in [0.4, 0.5) is 32.2 Å². The maximum Gasteiger partial charge on any atom is 0.419 e. The summed E-state index contributed by atoms with van der Waals surface area (Å²) in [5, 5.41) is 17.1. The average molecular weight is 419 g/mol. The van der Waals surface area contributed by atoms with Gasteiger partial charge in [0.05, 0.1) is 17.2 Å². The number of benzene rings is 1. The highest BCUT2D eigenvalue weighted by atomic mass is 19.4. The lowest BCUT2D eigenvalue weighted by Crippen LogP contribution is -2.35. The second kappa shape index (κ2) is 7.17. The molecule has 0 unspecified atom stereocenters. The van der Waals surface area contributed by atoms with Gasteiger partial charge >= 0.3 is 6.18 Å². The van der Waals surface area contributed by atoms with Gasteiger partial charge < -0.3 is 10.4 Å². The summed E-state index contributed by atoms with van der Waals surface area (Å²) in [7, 11) is 0. The molecule has 0 aliphatic carbocycles. The van der Waals surface area contributed by atoms with E-state index in [9.17, 15) is 31.4 Å². The van der Waals surface area contributed by atoms with Crippen LogP contribution >= 0.6 is 0 Å². The number of nitrogens with one attached hydrogen (secondary N) is 1. The Hall–Kier alpha value is -2.89. The number of hydrogen-bond acceptors (Lipinski definition) is 5. The highest BCUT2D eigenvalue weighted by Crippen LogP contribution is 2.35. The summed E-state index contributed by atoms with van der Waals surface area (Å²) in [6, 6.07) is 1.96. The lowest BCUT2D eigenvalue weighted by molar-refractivity contribution is -0.140. The van der Waals surface area contributed by atoms with Gasteiger partial charge in [-0.3, -0.25) is 0 Å². The predicted molar refractivity (Wildman–Crippen MR) is 89.8 cm³/mol. The fourth-order valence-electron chi connectivity index (χ4n) is 2.80. The molecule has 0 radical (unpaired) electrons. The van der Waals surface area contributed by atoms with Crippen LogP contribution in [-0.2, 0) is 6.18 Å². The SMILES string of the molecule is CC(C)(O)[C@@H](Nc1cc(C(F)F)nc2ncnn12)c1ccc(C(F)(F)F)c(F)c1. The van der Waals surface area contributed by atoms with Crippen molar-refractivity contribution in [2.45, 2.75) is 38.1 Å². The third-order valence-corrected chi connectivity index (χ3v) is 4.13. The molecule has 156 valence electrons. The van der Waals surface area contributed by atoms with Gasteiger partial charge in [0.25, 0.3) is 12.2 Å². The van der Waals surface area contributed by atoms with Gasteiger partial charge in [0.2, 0.25) is 0 Å². The largest absolute Gasteiger partial charge is 0.419 e. The maximum atomic E-state index is 14.0. The van der Waals surface area contributed by atoms with E-state index >= 15 is 0 Å². The monoisotopic (exact) mass is 419 g/mol. The van der Waals surface area contributed by atoms with Gasteiger partial charge in [-0.05, 0) is 31.5 Å². The Morgan fingerprint density at radius 1 is 1.14 bits per heavy atom. The Morgan fingerprint density at radius 3 is 2.38 bits per heavy atom. The Balaban J connectivity index is 2.08. The fourth-order valence-corrected chi connectivity index (χ4v) is 2.80. The van der Waals surface area contributed by atoms with Crippen molar-refractivity contribution in [1.29, 1.82) is 0 Å². The van der Waals surface area contributed by atoms with E-state index in [2.05, 4.69) is 20.4 Å². The van der Waals surface area contributed by atoms with Crippen molar-refractivity contribution in [2.75, 3.05) is 5.32 Å². The van der Waals surface area contributed by atoms with Crippen molar-refractivity contribution >= 4 is 11.6 Å². The summed E-state index contributed by atoms with van der Waals surface area (Å²) in [4.78, 5) is 7.38. The normalized spacial score (nSPS) is 13.9. The van der Waals surface area contributed by atoms with Crippen LogP contribution in [0.5, 0.6) is 0 Å². The minimum atomic E-state index is -4.88. The lowest BCUT2D eigenvalue weighted by atomic mass is 9.91. The molecule has 1 atom stereocenters. The van der Waals surface area contributed by atoms with Crippen LogP contribution in [0.3, 0.4) is 0 Å². The van der Waals surface area contributed by atoms with E-state index in [4.69, 9.17) is 0 Å². The number of aromatic nitrogens is 4. The van der Waals surface area contributed by atoms with E-state index in [0.29, 0.717) is 12.1 Å². The summed E-state index contributed by atoms with van der Waals surface area (Å²) in [5.41, 5.74) is -3.75. The number of hydrogen-bond donors (Lipinski definition) is 2. The van der Waals surface area contributed by atoms with Crippen LogP contribution in [0.1, 0.15) is 43.1 Å². The Bertz CT molecular complexity index is 1030. The zero-order valence-corrected chi connectivity index (χ0v) is 15.0. The maximum absolute atomic E-state index is 14.0. The highest BCUT2D eigenvalue weighted by Gasteiger charge is 2.36. The molecule has 0 amide bonds. The minimum absolute atomic E-state index is 0.0355. The van der Waals surface area contributed by atoms with Crippen molar-refractivity contribution in [1.82, 2.24) is 19.6 Å². The molecule has 0 spiro atoms. The third-order valence-electron chi connectivity index (χ3n) is 4.13. The van der Waals surface area contributed by atoms with E-state index in [1.54, 1.807) is 0 Å². The molecule has 3 aromatic rings. The zero-order chi connectivity index (χ0) is 21.6. The second-order valence-corrected chi connectivity index (χ2v) is 6.81. The van der Waals surface area contributed by atoms with Gasteiger partial charge in [-0.15, -0.1) is 0 Å². The van der Waals surface area contributed by atoms with Gasteiger partial charge in [-0.25, -0.2) is 18.2 Å². The van der Waals surface area contributed by atoms with Crippen LogP contribution in [0.25, 0.3) is 5.78 Å². The van der Waals surface area contributed by atoms with Gasteiger partial charge in [-0.2, -0.15) is 27.8 Å². The van der Waals surface area contributed by atoms with Crippen molar-refractivity contribution < 1.29 is 31.4 Å². The van der Waals surface area contributed by atoms with Crippen LogP contribution < -0.4 is 5.32 Å². The molecule has 6 nitrogen and oxygen atoms in total. The third kappa shape index (κ3) is 4.26. The molecule has 12 heteroatoms. The Morgan fingerprint density at radius 2 is 1.83 bits per heavy atom. The van der Waals surface area contributed by atoms with Crippen LogP contribution in [-0.4, -0.2) is 30.3 Å². The van der Waals surface area contributed by atoms with E-state index in [1.165, 1.54) is 13.8 Å². The number of rotatable bonds is 5. The first-order chi connectivity index (χ1) is 13.4. The summed E-state index contributed by atoms with van der Waals surface area (Å²) in [6.07, 6.45) is -6.74. The standard InChI is InChI=1S/C17H15F6N5O/c1-16(2,29)13(8-3-4-9(10(18)5-8)17(21,22)23)27-12-6-11(14(19)20)26-15-24-7-25-28(12)15/h3-7,13-14,27,29H,1-2H3/t13-/m0/s1. The lowest BCUT2D eigenvalue weighted by Gasteiger charge is -2.31. The number of fused-ring (bicyclic) bond motifs is 1. The number of halogens is 6. The van der Waals surface area contributed by atoms with Crippen molar-refractivity contribution in [3.63, 3.8) is 0 Å². The summed E-state index contributed by atoms with van der Waals surface area (Å²) in [6.45, 7) is 2.65. The summed E-state index contributed by atoms with van der Waals surface area (Å²) >= 11 is 0. The smallest absolute Gasteiger partial charge is 0.388 e. The number of aliphatic hydroxyl groups is 1. The van der Waals surface area contributed by atoms with Crippen LogP contribution in [0, 0.1) is 5.82 Å². The molecular formula is C17H15F6N5O. The Kier molecular flexibility index (Phi) is 5.15. The highest BCUT2D eigenvalue weighted by molar-refractivity contribution is 5.48. The van der Waals surface area contributed by atoms with E-state index < -0.39 is 41.3 Å². The first-order valence-corrected chi connectivity index (χ1v) is 8.22. The molecule has 2 heterocycles. The van der Waals surface area contributed by atoms with Crippen molar-refractivity contribution in [3.8, 4) is 0 Å². The van der Waals surface area contributed by atoms with Gasteiger partial charge in [0.15, 0.2) is 0 Å². The van der Waals surface area contributed by atoms with Crippen molar-refractivity contribution in [2.24, 2.45) is 0 Å². The van der Waals surface area contributed by atoms with Gasteiger partial charge in [0, 0.05) is 6.07 Å². The topological polar surface area (TPSA) is 75.3 Å². The fraction of sp³-hybridized carbons (Fsp3) is 0.353. The molecule has 0 saturated carbocycles. The second-order valence-electron chi connectivity index (χ2n) is 6.81. The molecule has 2 aromatic heterocycles. The van der Waals surface area contributed by atoms with Gasteiger partial charge in [0.1, 0.15) is 23.7 Å². The summed E-state index contributed by atoms with van der Waals surface area (Å²) < 4.78 is 79.8. The molecular weight excluding hydrogens is 404 g/mol. The van der Waals surface area contributed by atoms with Crippen LogP contribution in [0.2, 0.25) is 0 Å². The number of alkyl halides is 5. The first-order valence-electron chi connectivity index (χ1n) is 8.22. The predicted octanol–water partition coefficient (Wildman–Crippen LogP) is 4.14. The van der Waals surface area contributed by atoms with Gasteiger partial charge in [-0.1, -0.05) is 6.07 Å². The molecule has 2 N–H and O–H groups in total. The van der Waals surface area contributed by atoms with Crippen LogP contribution in [0.15, 0.2) is 30.6 Å². The van der Waals surface area contributed by atoms with E-state index in [0.717, 1.165) is 23.0 Å². The Labute approximate surface area is 160 Å². The van der Waals surface area contributed by atoms with E-state index in [1.807, 2.05) is 0 Å². The summed E-state index contributed by atoms with van der Waals surface area (Å²) in [5.74, 6) is -1.74. The minimum Gasteiger partial charge on any atom is -0.388 e. The quantitative estimate of drug-likeness (QED) is 0.608. The molecule has 0 fully saturated rings. The first kappa shape index (κ1) is 20.8. The molecule has 0 saturated heterocycles. The molecule has 3 rings (SSSR count). The number of anilines is 1.